The van der Waals surface area contributed by atoms with E-state index in [1.54, 1.807) is 6.07 Å². The third kappa shape index (κ3) is 4.34. The summed E-state index contributed by atoms with van der Waals surface area (Å²) < 4.78 is 0. The van der Waals surface area contributed by atoms with Crippen molar-refractivity contribution in [1.29, 1.82) is 0 Å². The predicted octanol–water partition coefficient (Wildman–Crippen LogP) is 2.37. The lowest BCUT2D eigenvalue weighted by molar-refractivity contribution is 0.235. The summed E-state index contributed by atoms with van der Waals surface area (Å²) in [6, 6.07) is 9.10. The first-order valence-electron chi connectivity index (χ1n) is 6.98. The molecule has 1 aromatic carbocycles. The minimum atomic E-state index is -0.266. The van der Waals surface area contributed by atoms with Crippen molar-refractivity contribution in [3.8, 4) is 0 Å². The second kappa shape index (κ2) is 5.99. The van der Waals surface area contributed by atoms with Crippen molar-refractivity contribution in [2.24, 2.45) is 5.41 Å². The number of carbonyl (C=O) groups excluding carboxylic acids is 1. The maximum Gasteiger partial charge on any atom is 0.315 e. The van der Waals surface area contributed by atoms with Gasteiger partial charge >= 0.3 is 6.03 Å². The zero-order valence-electron chi connectivity index (χ0n) is 12.6. The molecule has 2 rings (SSSR count). The number of aromatic nitrogens is 1. The number of amides is 2. The standard InChI is InChI=1S/C16H21N3O2/c1-16(2,3)10-18-15(21)17-9-12-8-11-6-4-5-7-13(11)19-14(12)20/h4-8H,9-10H2,1-3H3,(H,19,20)(H2,17,18,21). The molecule has 5 heteroatoms. The smallest absolute Gasteiger partial charge is 0.315 e. The molecule has 0 bridgehead atoms. The zero-order chi connectivity index (χ0) is 15.5. The fraction of sp³-hybridized carbons (Fsp3) is 0.375. The van der Waals surface area contributed by atoms with Gasteiger partial charge in [0.15, 0.2) is 0 Å². The van der Waals surface area contributed by atoms with Crippen LogP contribution in [0.5, 0.6) is 0 Å². The summed E-state index contributed by atoms with van der Waals surface area (Å²) in [6.07, 6.45) is 0. The van der Waals surface area contributed by atoms with Gasteiger partial charge in [0.25, 0.3) is 5.56 Å². The average Bonchev–Trinajstić information content (AvgIpc) is 2.42. The maximum absolute atomic E-state index is 11.9. The molecule has 3 N–H and O–H groups in total. The molecule has 0 aliphatic carbocycles. The number of carbonyl (C=O) groups is 1. The number of H-pyrrole nitrogens is 1. The highest BCUT2D eigenvalue weighted by Crippen LogP contribution is 2.11. The highest BCUT2D eigenvalue weighted by atomic mass is 16.2. The van der Waals surface area contributed by atoms with Crippen LogP contribution < -0.4 is 16.2 Å². The molecule has 0 aliphatic rings. The monoisotopic (exact) mass is 287 g/mol. The van der Waals surface area contributed by atoms with E-state index in [4.69, 9.17) is 0 Å². The summed E-state index contributed by atoms with van der Waals surface area (Å²) in [5.74, 6) is 0. The Morgan fingerprint density at radius 1 is 1.19 bits per heavy atom. The first kappa shape index (κ1) is 15.1. The number of aromatic amines is 1. The van der Waals surface area contributed by atoms with E-state index in [1.165, 1.54) is 0 Å². The van der Waals surface area contributed by atoms with E-state index in [-0.39, 0.29) is 23.6 Å². The Morgan fingerprint density at radius 3 is 2.62 bits per heavy atom. The molecule has 1 heterocycles. The molecule has 0 atom stereocenters. The highest BCUT2D eigenvalue weighted by molar-refractivity contribution is 5.79. The van der Waals surface area contributed by atoms with Crippen molar-refractivity contribution in [3.63, 3.8) is 0 Å². The molecule has 21 heavy (non-hydrogen) atoms. The van der Waals surface area contributed by atoms with Crippen molar-refractivity contribution in [2.75, 3.05) is 6.54 Å². The van der Waals surface area contributed by atoms with Gasteiger partial charge in [-0.1, -0.05) is 39.0 Å². The van der Waals surface area contributed by atoms with E-state index in [0.717, 1.165) is 10.9 Å². The second-order valence-corrected chi connectivity index (χ2v) is 6.31. The van der Waals surface area contributed by atoms with Crippen LogP contribution in [0.25, 0.3) is 10.9 Å². The van der Waals surface area contributed by atoms with Crippen LogP contribution in [-0.2, 0) is 6.54 Å². The van der Waals surface area contributed by atoms with Gasteiger partial charge in [-0.2, -0.15) is 0 Å². The molecule has 2 amide bonds. The molecular formula is C16H21N3O2. The van der Waals surface area contributed by atoms with E-state index in [0.29, 0.717) is 12.1 Å². The molecule has 0 radical (unpaired) electrons. The quantitative estimate of drug-likeness (QED) is 0.811. The Kier molecular flexibility index (Phi) is 4.31. The normalized spacial score (nSPS) is 11.4. The van der Waals surface area contributed by atoms with Gasteiger partial charge in [0.2, 0.25) is 0 Å². The molecule has 0 saturated heterocycles. The SMILES string of the molecule is CC(C)(C)CNC(=O)NCc1cc2ccccc2[nH]c1=O. The molecule has 1 aromatic heterocycles. The van der Waals surface area contributed by atoms with Crippen LogP contribution in [0.2, 0.25) is 0 Å². The Bertz CT molecular complexity index is 698. The van der Waals surface area contributed by atoms with Gasteiger partial charge in [-0.25, -0.2) is 4.79 Å². The molecule has 5 nitrogen and oxygen atoms in total. The van der Waals surface area contributed by atoms with Gasteiger partial charge in [0, 0.05) is 24.2 Å². The fourth-order valence-electron chi connectivity index (χ4n) is 1.91. The lowest BCUT2D eigenvalue weighted by Crippen LogP contribution is -2.40. The van der Waals surface area contributed by atoms with Crippen molar-refractivity contribution >= 4 is 16.9 Å². The van der Waals surface area contributed by atoms with Crippen molar-refractivity contribution in [3.05, 3.63) is 46.2 Å². The van der Waals surface area contributed by atoms with Crippen LogP contribution in [0.4, 0.5) is 4.79 Å². The minimum absolute atomic E-state index is 0.0256. The molecule has 0 unspecified atom stereocenters. The van der Waals surface area contributed by atoms with Gasteiger partial charge < -0.3 is 15.6 Å². The maximum atomic E-state index is 11.9. The summed E-state index contributed by atoms with van der Waals surface area (Å²) in [6.45, 7) is 6.91. The van der Waals surface area contributed by atoms with Crippen LogP contribution in [0.3, 0.4) is 0 Å². The number of nitrogens with one attached hydrogen (secondary N) is 3. The number of pyridine rings is 1. The lowest BCUT2D eigenvalue weighted by atomic mass is 9.97. The number of hydrogen-bond acceptors (Lipinski definition) is 2. The summed E-state index contributed by atoms with van der Waals surface area (Å²) in [7, 11) is 0. The third-order valence-corrected chi connectivity index (χ3v) is 3.05. The van der Waals surface area contributed by atoms with Gasteiger partial charge in [0.05, 0.1) is 0 Å². The number of fused-ring (bicyclic) bond motifs is 1. The van der Waals surface area contributed by atoms with Crippen molar-refractivity contribution < 1.29 is 4.79 Å². The molecule has 0 saturated carbocycles. The first-order chi connectivity index (χ1) is 9.85. The average molecular weight is 287 g/mol. The van der Waals surface area contributed by atoms with Crippen molar-refractivity contribution in [1.82, 2.24) is 15.6 Å². The number of benzene rings is 1. The largest absolute Gasteiger partial charge is 0.338 e. The highest BCUT2D eigenvalue weighted by Gasteiger charge is 2.12. The Hall–Kier alpha value is -2.30. The molecule has 2 aromatic rings. The van der Waals surface area contributed by atoms with E-state index in [9.17, 15) is 9.59 Å². The van der Waals surface area contributed by atoms with Crippen LogP contribution in [0, 0.1) is 5.41 Å². The van der Waals surface area contributed by atoms with Gasteiger partial charge in [-0.15, -0.1) is 0 Å². The Balaban J connectivity index is 2.02. The summed E-state index contributed by atoms with van der Waals surface area (Å²) in [5, 5.41) is 6.44. The van der Waals surface area contributed by atoms with Crippen LogP contribution in [0.15, 0.2) is 35.1 Å². The number of rotatable bonds is 3. The van der Waals surface area contributed by atoms with Gasteiger partial charge in [-0.05, 0) is 22.9 Å². The van der Waals surface area contributed by atoms with Crippen LogP contribution in [0.1, 0.15) is 26.3 Å². The Morgan fingerprint density at radius 2 is 1.90 bits per heavy atom. The minimum Gasteiger partial charge on any atom is -0.338 e. The van der Waals surface area contributed by atoms with Gasteiger partial charge in [-0.3, -0.25) is 4.79 Å². The molecule has 112 valence electrons. The second-order valence-electron chi connectivity index (χ2n) is 6.31. The summed E-state index contributed by atoms with van der Waals surface area (Å²) in [4.78, 5) is 26.5. The molecule has 0 fully saturated rings. The molecular weight excluding hydrogens is 266 g/mol. The van der Waals surface area contributed by atoms with E-state index >= 15 is 0 Å². The number of urea groups is 1. The predicted molar refractivity (Wildman–Crippen MR) is 84.3 cm³/mol. The molecule has 0 spiro atoms. The summed E-state index contributed by atoms with van der Waals surface area (Å²) >= 11 is 0. The van der Waals surface area contributed by atoms with Gasteiger partial charge in [0.1, 0.15) is 0 Å². The first-order valence-corrected chi connectivity index (χ1v) is 6.98. The van der Waals surface area contributed by atoms with Crippen molar-refractivity contribution in [2.45, 2.75) is 27.3 Å². The third-order valence-electron chi connectivity index (χ3n) is 3.05. The Labute approximate surface area is 123 Å². The molecule has 0 aliphatic heterocycles. The van der Waals surface area contributed by atoms with Crippen LogP contribution in [-0.4, -0.2) is 17.6 Å². The lowest BCUT2D eigenvalue weighted by Gasteiger charge is -2.18. The number of para-hydroxylation sites is 1. The summed E-state index contributed by atoms with van der Waals surface area (Å²) in [5.41, 5.74) is 1.19. The fourth-order valence-corrected chi connectivity index (χ4v) is 1.91. The van der Waals surface area contributed by atoms with E-state index in [1.807, 2.05) is 45.0 Å². The van der Waals surface area contributed by atoms with Crippen LogP contribution >= 0.6 is 0 Å². The van der Waals surface area contributed by atoms with E-state index < -0.39 is 0 Å². The topological polar surface area (TPSA) is 74.0 Å². The number of hydrogen-bond donors (Lipinski definition) is 3. The van der Waals surface area contributed by atoms with E-state index in [2.05, 4.69) is 15.6 Å². The zero-order valence-corrected chi connectivity index (χ0v) is 12.6.